The molecule has 1 amide bonds. The second-order valence-electron chi connectivity index (χ2n) is 9.05. The van der Waals surface area contributed by atoms with Gasteiger partial charge in [0.15, 0.2) is 10.8 Å². The smallest absolute Gasteiger partial charge is 0.407 e. The maximum atomic E-state index is 13.5. The molecular formula is C26H22F3N3O4S. The topological polar surface area (TPSA) is 67.3 Å². The summed E-state index contributed by atoms with van der Waals surface area (Å²) in [6.07, 6.45) is -4.30. The Morgan fingerprint density at radius 3 is 2.54 bits per heavy atom. The van der Waals surface area contributed by atoms with Gasteiger partial charge in [-0.25, -0.2) is 9.64 Å². The third-order valence-electron chi connectivity index (χ3n) is 6.21. The van der Waals surface area contributed by atoms with Crippen LogP contribution in [0.1, 0.15) is 31.4 Å². The highest BCUT2D eigenvalue weighted by Gasteiger charge is 2.49. The van der Waals surface area contributed by atoms with Gasteiger partial charge < -0.3 is 14.1 Å². The first kappa shape index (κ1) is 26.2. The van der Waals surface area contributed by atoms with Gasteiger partial charge in [0, 0.05) is 29.8 Å². The van der Waals surface area contributed by atoms with Crippen molar-refractivity contribution in [1.82, 2.24) is 4.90 Å². The molecule has 0 saturated carbocycles. The number of aryl methyl sites for hydroxylation is 1. The minimum atomic E-state index is -4.75. The Morgan fingerprint density at radius 1 is 1.14 bits per heavy atom. The fraction of sp³-hybridized carbons (Fsp3) is 0.308. The summed E-state index contributed by atoms with van der Waals surface area (Å²) in [5, 5.41) is 0.870. The van der Waals surface area contributed by atoms with Crippen LogP contribution in [0, 0.1) is 13.5 Å². The summed E-state index contributed by atoms with van der Waals surface area (Å²) in [5.41, 5.74) is -2.07. The highest BCUT2D eigenvalue weighted by Crippen LogP contribution is 2.41. The van der Waals surface area contributed by atoms with E-state index in [1.807, 2.05) is 6.92 Å². The lowest BCUT2D eigenvalue weighted by Gasteiger charge is -2.29. The third-order valence-corrected chi connectivity index (χ3v) is 6.61. The lowest BCUT2D eigenvalue weighted by atomic mass is 10.0. The number of nitrogens with zero attached hydrogens (tertiary/aromatic N) is 3. The molecule has 2 aromatic carbocycles. The zero-order chi connectivity index (χ0) is 27.1. The van der Waals surface area contributed by atoms with Gasteiger partial charge in [0.2, 0.25) is 0 Å². The number of carbonyl (C=O) groups excluding carboxylic acids is 1. The Morgan fingerprint density at radius 2 is 1.86 bits per heavy atom. The number of anilines is 1. The Bertz CT molecular complexity index is 1510. The number of hydrogen-bond donors (Lipinski definition) is 0. The van der Waals surface area contributed by atoms with Crippen molar-refractivity contribution in [2.45, 2.75) is 38.9 Å². The van der Waals surface area contributed by atoms with Crippen LogP contribution in [0.25, 0.3) is 15.8 Å². The zero-order valence-electron chi connectivity index (χ0n) is 20.2. The Hall–Kier alpha value is -3.91. The van der Waals surface area contributed by atoms with Gasteiger partial charge >= 0.3 is 11.8 Å². The van der Waals surface area contributed by atoms with E-state index < -0.39 is 34.5 Å². The van der Waals surface area contributed by atoms with E-state index in [4.69, 9.17) is 27.9 Å². The van der Waals surface area contributed by atoms with E-state index in [1.54, 1.807) is 36.9 Å². The zero-order valence-corrected chi connectivity index (χ0v) is 21.0. The van der Waals surface area contributed by atoms with Gasteiger partial charge in [-0.15, -0.1) is 0 Å². The van der Waals surface area contributed by atoms with Crippen LogP contribution in [0.2, 0.25) is 0 Å². The third kappa shape index (κ3) is 4.89. The predicted octanol–water partition coefficient (Wildman–Crippen LogP) is 5.85. The van der Waals surface area contributed by atoms with Crippen molar-refractivity contribution in [2.24, 2.45) is 0 Å². The summed E-state index contributed by atoms with van der Waals surface area (Å²) in [4.78, 5) is 30.5. The maximum absolute atomic E-state index is 13.5. The summed E-state index contributed by atoms with van der Waals surface area (Å²) >= 11 is 5.49. The highest BCUT2D eigenvalue weighted by molar-refractivity contribution is 7.80. The SMILES string of the molecule is [C-]#[N+]c1ccc(N2C(=O)C(C)(C)N(CCCOc3ccc4c(C)cc(=O)oc4c3)C2=S)cc1C(F)(F)F. The van der Waals surface area contributed by atoms with Crippen molar-refractivity contribution >= 4 is 45.6 Å². The van der Waals surface area contributed by atoms with Crippen LogP contribution in [-0.2, 0) is 11.0 Å². The van der Waals surface area contributed by atoms with Gasteiger partial charge in [-0.1, -0.05) is 6.07 Å². The standard InChI is InChI=1S/C26H22F3N3O4S/c1-15-12-22(33)36-21-14-17(7-8-18(15)21)35-11-5-10-31-24(37)32(23(34)25(31,2)3)16-6-9-20(30-4)19(13-16)26(27,28)29/h6-9,12-14H,5,10-11H2,1-3H3. The maximum Gasteiger partial charge on any atom is 0.407 e. The number of amides is 1. The van der Waals surface area contributed by atoms with Crippen molar-refractivity contribution in [3.05, 3.63) is 75.4 Å². The second kappa shape index (κ2) is 9.52. The predicted molar refractivity (Wildman–Crippen MR) is 136 cm³/mol. The molecule has 3 aromatic rings. The van der Waals surface area contributed by atoms with E-state index in [9.17, 15) is 22.8 Å². The minimum Gasteiger partial charge on any atom is -0.493 e. The average molecular weight is 530 g/mol. The molecule has 0 aliphatic carbocycles. The molecule has 0 spiro atoms. The van der Waals surface area contributed by atoms with Crippen molar-refractivity contribution in [3.8, 4) is 5.75 Å². The van der Waals surface area contributed by atoms with Crippen molar-refractivity contribution in [2.75, 3.05) is 18.1 Å². The van der Waals surface area contributed by atoms with Gasteiger partial charge in [-0.05, 0) is 69.2 Å². The average Bonchev–Trinajstić information content (AvgIpc) is 2.99. The van der Waals surface area contributed by atoms with Crippen LogP contribution in [0.3, 0.4) is 0 Å². The molecule has 1 fully saturated rings. The molecule has 192 valence electrons. The molecule has 0 N–H and O–H groups in total. The lowest BCUT2D eigenvalue weighted by molar-refractivity contribution is -0.136. The number of alkyl halides is 3. The first-order valence-corrected chi connectivity index (χ1v) is 11.7. The number of rotatable bonds is 6. The quantitative estimate of drug-likeness (QED) is 0.173. The van der Waals surface area contributed by atoms with Crippen molar-refractivity contribution < 1.29 is 27.1 Å². The van der Waals surface area contributed by atoms with Gasteiger partial charge in [0.1, 0.15) is 16.9 Å². The molecule has 1 saturated heterocycles. The second-order valence-corrected chi connectivity index (χ2v) is 9.42. The summed E-state index contributed by atoms with van der Waals surface area (Å²) in [7, 11) is 0. The fourth-order valence-electron chi connectivity index (χ4n) is 4.23. The first-order valence-electron chi connectivity index (χ1n) is 11.3. The highest BCUT2D eigenvalue weighted by atomic mass is 32.1. The van der Waals surface area contributed by atoms with Gasteiger partial charge in [0.25, 0.3) is 5.91 Å². The van der Waals surface area contributed by atoms with Crippen molar-refractivity contribution in [1.29, 1.82) is 0 Å². The number of hydrogen-bond acceptors (Lipinski definition) is 5. The molecule has 1 aromatic heterocycles. The van der Waals surface area contributed by atoms with Gasteiger partial charge in [0.05, 0.1) is 18.7 Å². The van der Waals surface area contributed by atoms with Crippen molar-refractivity contribution in [3.63, 3.8) is 0 Å². The summed E-state index contributed by atoms with van der Waals surface area (Å²) < 4.78 is 51.4. The number of fused-ring (bicyclic) bond motifs is 1. The number of ether oxygens (including phenoxy) is 1. The molecule has 1 aliphatic rings. The molecule has 7 nitrogen and oxygen atoms in total. The molecule has 2 heterocycles. The summed E-state index contributed by atoms with van der Waals surface area (Å²) in [6.45, 7) is 12.7. The summed E-state index contributed by atoms with van der Waals surface area (Å²) in [6, 6.07) is 9.71. The normalized spacial score (nSPS) is 15.4. The molecule has 4 rings (SSSR count). The van der Waals surface area contributed by atoms with Crippen LogP contribution in [-0.4, -0.2) is 34.6 Å². The van der Waals surface area contributed by atoms with E-state index in [0.717, 1.165) is 28.0 Å². The Balaban J connectivity index is 1.48. The number of benzene rings is 2. The molecule has 37 heavy (non-hydrogen) atoms. The van der Waals surface area contributed by atoms with E-state index in [2.05, 4.69) is 4.85 Å². The van der Waals surface area contributed by atoms with E-state index in [0.29, 0.717) is 24.3 Å². The van der Waals surface area contributed by atoms with E-state index in [-0.39, 0.29) is 17.4 Å². The largest absolute Gasteiger partial charge is 0.493 e. The number of thiocarbonyl (C=S) groups is 1. The van der Waals surface area contributed by atoms with Crippen LogP contribution in [0.15, 0.2) is 51.7 Å². The Labute approximate surface area is 215 Å². The molecule has 1 aliphatic heterocycles. The molecule has 0 radical (unpaired) electrons. The van der Waals surface area contributed by atoms with Crippen LogP contribution >= 0.6 is 12.2 Å². The van der Waals surface area contributed by atoms with Crippen LogP contribution < -0.4 is 15.3 Å². The molecule has 0 bridgehead atoms. The minimum absolute atomic E-state index is 0.0468. The monoisotopic (exact) mass is 529 g/mol. The van der Waals surface area contributed by atoms with Crippen LogP contribution in [0.4, 0.5) is 24.5 Å². The molecule has 0 atom stereocenters. The Kier molecular flexibility index (Phi) is 6.73. The number of halogens is 3. The fourth-order valence-corrected chi connectivity index (χ4v) is 4.74. The lowest BCUT2D eigenvalue weighted by Crippen LogP contribution is -2.44. The molecular weight excluding hydrogens is 507 g/mol. The summed E-state index contributed by atoms with van der Waals surface area (Å²) in [5.74, 6) is 0.0313. The van der Waals surface area contributed by atoms with Gasteiger partial charge in [-0.2, -0.15) is 13.2 Å². The first-order chi connectivity index (χ1) is 17.3. The van der Waals surface area contributed by atoms with E-state index >= 15 is 0 Å². The van der Waals surface area contributed by atoms with Gasteiger partial charge in [-0.3, -0.25) is 9.69 Å². The molecule has 0 unspecified atom stereocenters. The molecule has 11 heteroatoms. The van der Waals surface area contributed by atoms with Crippen LogP contribution in [0.5, 0.6) is 5.75 Å². The van der Waals surface area contributed by atoms with E-state index in [1.165, 1.54) is 12.1 Å². The number of carbonyl (C=O) groups is 1.